The van der Waals surface area contributed by atoms with Crippen LogP contribution in [0.3, 0.4) is 0 Å². The molecule has 0 aliphatic carbocycles. The van der Waals surface area contributed by atoms with Crippen LogP contribution in [-0.2, 0) is 17.1 Å². The third-order valence-electron chi connectivity index (χ3n) is 0. The Morgan fingerprint density at radius 3 is 1.00 bits per heavy atom. The monoisotopic (exact) mass is 135 g/mol. The first-order chi connectivity index (χ1) is 1.73. The van der Waals surface area contributed by atoms with Gasteiger partial charge in [-0.2, -0.15) is 0 Å². The van der Waals surface area contributed by atoms with Crippen LogP contribution in [0.4, 0.5) is 0 Å². The molecule has 0 rings (SSSR count). The number of hydrogen-bond donors (Lipinski definition) is 3. The largest absolute Gasteiger partial charge is 0.631 e. The SMILES string of the molecule is O.OB(O)O.[Mn]. The Labute approximate surface area is 45.8 Å². The molecular formula is H5BMnO4. The van der Waals surface area contributed by atoms with Gasteiger partial charge >= 0.3 is 7.32 Å². The van der Waals surface area contributed by atoms with Crippen LogP contribution in [0.25, 0.3) is 0 Å². The zero-order valence-corrected chi connectivity index (χ0v) is 3.98. The third-order valence-corrected chi connectivity index (χ3v) is 0. The molecule has 0 aromatic heterocycles. The van der Waals surface area contributed by atoms with Gasteiger partial charge in [0.1, 0.15) is 0 Å². The minimum Gasteiger partial charge on any atom is -0.412 e. The van der Waals surface area contributed by atoms with E-state index in [1.165, 1.54) is 0 Å². The van der Waals surface area contributed by atoms with Crippen molar-refractivity contribution in [2.75, 3.05) is 0 Å². The second kappa shape index (κ2) is 9.06. The molecule has 0 saturated carbocycles. The van der Waals surface area contributed by atoms with Crippen molar-refractivity contribution in [2.45, 2.75) is 0 Å². The van der Waals surface area contributed by atoms with E-state index in [0.29, 0.717) is 0 Å². The summed E-state index contributed by atoms with van der Waals surface area (Å²) >= 11 is 0. The molecule has 0 spiro atoms. The van der Waals surface area contributed by atoms with Crippen molar-refractivity contribution in [1.29, 1.82) is 0 Å². The summed E-state index contributed by atoms with van der Waals surface area (Å²) in [6.45, 7) is 0. The summed E-state index contributed by atoms with van der Waals surface area (Å²) in [5, 5.41) is 21.5. The second-order valence-electron chi connectivity index (χ2n) is 0.346. The molecule has 0 fully saturated rings. The zero-order chi connectivity index (χ0) is 3.58. The van der Waals surface area contributed by atoms with Crippen molar-refractivity contribution >= 4 is 7.32 Å². The summed E-state index contributed by atoms with van der Waals surface area (Å²) < 4.78 is 0. The minimum absolute atomic E-state index is 0. The standard InChI is InChI=1S/BH3O3.Mn.H2O/c2-1(3)4;;/h2-4H;;1H2. The maximum absolute atomic E-state index is 7.17. The van der Waals surface area contributed by atoms with E-state index in [-0.39, 0.29) is 22.5 Å². The molecule has 1 radical (unpaired) electrons. The summed E-state index contributed by atoms with van der Waals surface area (Å²) in [6, 6.07) is 0. The molecule has 5 N–H and O–H groups in total. The van der Waals surface area contributed by atoms with Crippen LogP contribution < -0.4 is 0 Å². The Balaban J connectivity index is -0.0000000450. The molecule has 0 aliphatic rings. The van der Waals surface area contributed by atoms with Crippen molar-refractivity contribution in [1.82, 2.24) is 0 Å². The van der Waals surface area contributed by atoms with E-state index in [1.807, 2.05) is 0 Å². The molecule has 4 nitrogen and oxygen atoms in total. The van der Waals surface area contributed by atoms with Gasteiger partial charge in [-0.25, -0.2) is 0 Å². The maximum atomic E-state index is 7.17. The van der Waals surface area contributed by atoms with Crippen molar-refractivity contribution in [3.63, 3.8) is 0 Å². The van der Waals surface area contributed by atoms with Gasteiger partial charge < -0.3 is 20.5 Å². The van der Waals surface area contributed by atoms with Gasteiger partial charge in [0.05, 0.1) is 0 Å². The van der Waals surface area contributed by atoms with Crippen LogP contribution in [0.2, 0.25) is 0 Å². The van der Waals surface area contributed by atoms with E-state index in [2.05, 4.69) is 0 Å². The van der Waals surface area contributed by atoms with Gasteiger partial charge in [0.15, 0.2) is 0 Å². The molecule has 39 valence electrons. The summed E-state index contributed by atoms with van der Waals surface area (Å²) in [6.07, 6.45) is 0. The van der Waals surface area contributed by atoms with Crippen molar-refractivity contribution in [3.05, 3.63) is 0 Å². The second-order valence-corrected chi connectivity index (χ2v) is 0.346. The minimum atomic E-state index is -2.17. The van der Waals surface area contributed by atoms with E-state index >= 15 is 0 Å². The molecule has 0 saturated heterocycles. The van der Waals surface area contributed by atoms with Gasteiger partial charge in [0.25, 0.3) is 0 Å². The topological polar surface area (TPSA) is 92.2 Å². The fraction of sp³-hybridized carbons (Fsp3) is 0. The Morgan fingerprint density at radius 1 is 1.00 bits per heavy atom. The Hall–Kier alpha value is 0.424. The van der Waals surface area contributed by atoms with Crippen molar-refractivity contribution < 1.29 is 37.6 Å². The zero-order valence-electron chi connectivity index (χ0n) is 2.80. The molecule has 0 bridgehead atoms. The van der Waals surface area contributed by atoms with Gasteiger partial charge in [-0.15, -0.1) is 0 Å². The van der Waals surface area contributed by atoms with Crippen LogP contribution >= 0.6 is 0 Å². The third kappa shape index (κ3) is 288. The predicted octanol–water partition coefficient (Wildman–Crippen LogP) is -2.88. The maximum Gasteiger partial charge on any atom is 0.631 e. The smallest absolute Gasteiger partial charge is 0.412 e. The van der Waals surface area contributed by atoms with E-state index in [1.54, 1.807) is 0 Å². The molecular weight excluding hydrogens is 130 g/mol. The molecule has 0 unspecified atom stereocenters. The fourth-order valence-corrected chi connectivity index (χ4v) is 0. The Kier molecular flexibility index (Phi) is 24.3. The quantitative estimate of drug-likeness (QED) is 0.311. The summed E-state index contributed by atoms with van der Waals surface area (Å²) in [5.41, 5.74) is 0. The van der Waals surface area contributed by atoms with E-state index in [9.17, 15) is 0 Å². The first kappa shape index (κ1) is 16.1. The Morgan fingerprint density at radius 2 is 1.00 bits per heavy atom. The number of rotatable bonds is 0. The average molecular weight is 135 g/mol. The molecule has 0 aromatic rings. The molecule has 0 aromatic carbocycles. The average Bonchev–Trinajstić information content (AvgIpc) is 0.811. The van der Waals surface area contributed by atoms with Crippen LogP contribution in [0, 0.1) is 0 Å². The summed E-state index contributed by atoms with van der Waals surface area (Å²) in [5.74, 6) is 0. The molecule has 0 heterocycles. The van der Waals surface area contributed by atoms with Crippen LogP contribution in [0.15, 0.2) is 0 Å². The van der Waals surface area contributed by atoms with Gasteiger partial charge in [0, 0.05) is 17.1 Å². The fourth-order valence-electron chi connectivity index (χ4n) is 0. The van der Waals surface area contributed by atoms with Crippen LogP contribution in [-0.4, -0.2) is 27.9 Å². The van der Waals surface area contributed by atoms with Crippen LogP contribution in [0.5, 0.6) is 0 Å². The summed E-state index contributed by atoms with van der Waals surface area (Å²) in [7, 11) is -2.17. The van der Waals surface area contributed by atoms with E-state index in [4.69, 9.17) is 15.1 Å². The predicted molar refractivity (Wildman–Crippen MR) is 16.0 cm³/mol. The van der Waals surface area contributed by atoms with Gasteiger partial charge in [-0.1, -0.05) is 0 Å². The van der Waals surface area contributed by atoms with Crippen molar-refractivity contribution in [3.8, 4) is 0 Å². The van der Waals surface area contributed by atoms with Crippen molar-refractivity contribution in [2.24, 2.45) is 0 Å². The molecule has 0 aliphatic heterocycles. The molecule has 0 amide bonds. The molecule has 6 heteroatoms. The van der Waals surface area contributed by atoms with Gasteiger partial charge in [-0.05, 0) is 0 Å². The van der Waals surface area contributed by atoms with Gasteiger partial charge in [-0.3, -0.25) is 0 Å². The first-order valence-corrected chi connectivity index (χ1v) is 0.775. The van der Waals surface area contributed by atoms with Gasteiger partial charge in [0.2, 0.25) is 0 Å². The molecule has 0 atom stereocenters. The van der Waals surface area contributed by atoms with E-state index in [0.717, 1.165) is 0 Å². The number of hydrogen-bond acceptors (Lipinski definition) is 3. The first-order valence-electron chi connectivity index (χ1n) is 0.775. The van der Waals surface area contributed by atoms with Crippen LogP contribution in [0.1, 0.15) is 0 Å². The Bertz CT molecular complexity index is 12.3. The van der Waals surface area contributed by atoms with E-state index < -0.39 is 7.32 Å². The summed E-state index contributed by atoms with van der Waals surface area (Å²) in [4.78, 5) is 0. The molecule has 6 heavy (non-hydrogen) atoms. The normalized spacial score (nSPS) is 4.50.